The SMILES string of the molecule is CN(CC(C)(C)C)CC(C)(C)C=O. The first-order chi connectivity index (χ1) is 5.66. The van der Waals surface area contributed by atoms with Gasteiger partial charge in [0.1, 0.15) is 6.29 Å². The number of carbonyl (C=O) groups excluding carboxylic acids is 1. The molecule has 0 aliphatic carbocycles. The van der Waals surface area contributed by atoms with Crippen LogP contribution in [0.2, 0.25) is 0 Å². The first kappa shape index (κ1) is 12.6. The lowest BCUT2D eigenvalue weighted by Crippen LogP contribution is -2.37. The number of hydrogen-bond donors (Lipinski definition) is 0. The van der Waals surface area contributed by atoms with E-state index in [2.05, 4.69) is 32.7 Å². The highest BCUT2D eigenvalue weighted by Crippen LogP contribution is 2.18. The number of hydrogen-bond acceptors (Lipinski definition) is 2. The van der Waals surface area contributed by atoms with Gasteiger partial charge < -0.3 is 9.69 Å². The summed E-state index contributed by atoms with van der Waals surface area (Å²) in [7, 11) is 2.07. The predicted octanol–water partition coefficient (Wildman–Crippen LogP) is 2.19. The van der Waals surface area contributed by atoms with Crippen LogP contribution in [0.25, 0.3) is 0 Å². The first-order valence-corrected chi connectivity index (χ1v) is 4.81. The number of carbonyl (C=O) groups is 1. The van der Waals surface area contributed by atoms with Crippen molar-refractivity contribution in [2.24, 2.45) is 10.8 Å². The minimum absolute atomic E-state index is 0.222. The number of rotatable bonds is 4. The van der Waals surface area contributed by atoms with Crippen molar-refractivity contribution in [3.05, 3.63) is 0 Å². The van der Waals surface area contributed by atoms with Gasteiger partial charge in [-0.05, 0) is 12.5 Å². The molecule has 0 radical (unpaired) electrons. The molecule has 0 saturated heterocycles. The zero-order valence-corrected chi connectivity index (χ0v) is 9.85. The van der Waals surface area contributed by atoms with Crippen molar-refractivity contribution in [2.75, 3.05) is 20.1 Å². The van der Waals surface area contributed by atoms with Crippen LogP contribution in [-0.4, -0.2) is 31.3 Å². The van der Waals surface area contributed by atoms with Crippen molar-refractivity contribution < 1.29 is 4.79 Å². The Labute approximate surface area is 82.3 Å². The van der Waals surface area contributed by atoms with Crippen LogP contribution in [0.4, 0.5) is 0 Å². The van der Waals surface area contributed by atoms with Crippen LogP contribution in [0.1, 0.15) is 34.6 Å². The summed E-state index contributed by atoms with van der Waals surface area (Å²) in [5.41, 5.74) is 0.0771. The molecule has 0 aromatic carbocycles. The van der Waals surface area contributed by atoms with Gasteiger partial charge in [-0.25, -0.2) is 0 Å². The molecule has 0 rings (SSSR count). The number of aldehydes is 1. The maximum Gasteiger partial charge on any atom is 0.126 e. The van der Waals surface area contributed by atoms with E-state index in [0.29, 0.717) is 5.41 Å². The molecule has 0 amide bonds. The second kappa shape index (κ2) is 4.23. The van der Waals surface area contributed by atoms with E-state index in [1.54, 1.807) is 0 Å². The smallest absolute Gasteiger partial charge is 0.126 e. The van der Waals surface area contributed by atoms with Crippen molar-refractivity contribution in [3.8, 4) is 0 Å². The van der Waals surface area contributed by atoms with E-state index in [4.69, 9.17) is 0 Å². The molecule has 78 valence electrons. The Morgan fingerprint density at radius 2 is 1.54 bits per heavy atom. The third kappa shape index (κ3) is 6.76. The fourth-order valence-corrected chi connectivity index (χ4v) is 1.60. The Balaban J connectivity index is 4.01. The lowest BCUT2D eigenvalue weighted by Gasteiger charge is -2.30. The molecule has 2 heteroatoms. The standard InChI is InChI=1S/C11H23NO/c1-10(2,3)7-12(6)8-11(4,5)9-13/h9H,7-8H2,1-6H3. The molecule has 0 saturated carbocycles. The van der Waals surface area contributed by atoms with Gasteiger partial charge in [-0.15, -0.1) is 0 Å². The molecule has 0 aliphatic rings. The zero-order valence-electron chi connectivity index (χ0n) is 9.85. The van der Waals surface area contributed by atoms with E-state index in [9.17, 15) is 4.79 Å². The first-order valence-electron chi connectivity index (χ1n) is 4.81. The van der Waals surface area contributed by atoms with Gasteiger partial charge in [0.05, 0.1) is 0 Å². The normalized spacial score (nSPS) is 13.5. The second-order valence-electron chi connectivity index (χ2n) is 5.84. The molecule has 0 aromatic rings. The molecule has 0 fully saturated rings. The van der Waals surface area contributed by atoms with Gasteiger partial charge in [0, 0.05) is 18.5 Å². The molecule has 2 nitrogen and oxygen atoms in total. The van der Waals surface area contributed by atoms with Crippen LogP contribution in [0, 0.1) is 10.8 Å². The molecule has 13 heavy (non-hydrogen) atoms. The van der Waals surface area contributed by atoms with Crippen molar-refractivity contribution in [1.29, 1.82) is 0 Å². The van der Waals surface area contributed by atoms with Crippen LogP contribution in [0.5, 0.6) is 0 Å². The highest BCUT2D eigenvalue weighted by molar-refractivity contribution is 5.58. The van der Waals surface area contributed by atoms with E-state index < -0.39 is 0 Å². The molecule has 0 unspecified atom stereocenters. The molecule has 0 bridgehead atoms. The van der Waals surface area contributed by atoms with Gasteiger partial charge in [0.25, 0.3) is 0 Å². The fourth-order valence-electron chi connectivity index (χ4n) is 1.60. The lowest BCUT2D eigenvalue weighted by molar-refractivity contribution is -0.115. The van der Waals surface area contributed by atoms with Crippen molar-refractivity contribution in [2.45, 2.75) is 34.6 Å². The van der Waals surface area contributed by atoms with Gasteiger partial charge in [-0.2, -0.15) is 0 Å². The summed E-state index contributed by atoms with van der Waals surface area (Å²) in [4.78, 5) is 12.9. The van der Waals surface area contributed by atoms with E-state index in [1.165, 1.54) is 0 Å². The number of nitrogens with zero attached hydrogens (tertiary/aromatic N) is 1. The quantitative estimate of drug-likeness (QED) is 0.626. The van der Waals surface area contributed by atoms with Crippen LogP contribution < -0.4 is 0 Å². The van der Waals surface area contributed by atoms with E-state index in [1.807, 2.05) is 13.8 Å². The van der Waals surface area contributed by atoms with Crippen molar-refractivity contribution in [3.63, 3.8) is 0 Å². The third-order valence-electron chi connectivity index (χ3n) is 1.74. The Morgan fingerprint density at radius 1 is 1.08 bits per heavy atom. The Bertz CT molecular complexity index is 167. The predicted molar refractivity (Wildman–Crippen MR) is 56.8 cm³/mol. The highest BCUT2D eigenvalue weighted by atomic mass is 16.1. The summed E-state index contributed by atoms with van der Waals surface area (Å²) in [6, 6.07) is 0. The summed E-state index contributed by atoms with van der Waals surface area (Å²) >= 11 is 0. The summed E-state index contributed by atoms with van der Waals surface area (Å²) in [6.45, 7) is 12.4. The van der Waals surface area contributed by atoms with Crippen LogP contribution >= 0.6 is 0 Å². The van der Waals surface area contributed by atoms with Gasteiger partial charge in [-0.3, -0.25) is 0 Å². The van der Waals surface area contributed by atoms with Crippen LogP contribution in [0.15, 0.2) is 0 Å². The summed E-state index contributed by atoms with van der Waals surface area (Å²) < 4.78 is 0. The largest absolute Gasteiger partial charge is 0.305 e. The Hall–Kier alpha value is -0.370. The van der Waals surface area contributed by atoms with Crippen LogP contribution in [0.3, 0.4) is 0 Å². The zero-order chi connectivity index (χ0) is 10.7. The molecular weight excluding hydrogens is 162 g/mol. The van der Waals surface area contributed by atoms with Gasteiger partial charge in [-0.1, -0.05) is 34.6 Å². The monoisotopic (exact) mass is 185 g/mol. The molecule has 0 N–H and O–H groups in total. The average molecular weight is 185 g/mol. The van der Waals surface area contributed by atoms with Crippen LogP contribution in [-0.2, 0) is 4.79 Å². The summed E-state index contributed by atoms with van der Waals surface area (Å²) in [5.74, 6) is 0. The summed E-state index contributed by atoms with van der Waals surface area (Å²) in [6.07, 6.45) is 1.03. The molecule has 0 aliphatic heterocycles. The van der Waals surface area contributed by atoms with E-state index >= 15 is 0 Å². The van der Waals surface area contributed by atoms with Gasteiger partial charge in [0.15, 0.2) is 0 Å². The minimum atomic E-state index is -0.222. The average Bonchev–Trinajstić information content (AvgIpc) is 1.81. The third-order valence-corrected chi connectivity index (χ3v) is 1.74. The molecular formula is C11H23NO. The lowest BCUT2D eigenvalue weighted by atomic mass is 9.92. The minimum Gasteiger partial charge on any atom is -0.305 e. The molecule has 0 heterocycles. The maximum absolute atomic E-state index is 10.7. The van der Waals surface area contributed by atoms with E-state index in [0.717, 1.165) is 19.4 Å². The molecule has 0 aromatic heterocycles. The Morgan fingerprint density at radius 3 is 1.85 bits per heavy atom. The summed E-state index contributed by atoms with van der Waals surface area (Å²) in [5, 5.41) is 0. The second-order valence-corrected chi connectivity index (χ2v) is 5.84. The fraction of sp³-hybridized carbons (Fsp3) is 0.909. The maximum atomic E-state index is 10.7. The highest BCUT2D eigenvalue weighted by Gasteiger charge is 2.21. The van der Waals surface area contributed by atoms with Gasteiger partial charge >= 0.3 is 0 Å². The molecule has 0 spiro atoms. The van der Waals surface area contributed by atoms with Crippen molar-refractivity contribution in [1.82, 2.24) is 4.90 Å². The molecule has 0 atom stereocenters. The van der Waals surface area contributed by atoms with Crippen molar-refractivity contribution >= 4 is 6.29 Å². The van der Waals surface area contributed by atoms with E-state index in [-0.39, 0.29) is 5.41 Å². The van der Waals surface area contributed by atoms with Gasteiger partial charge in [0.2, 0.25) is 0 Å². The topological polar surface area (TPSA) is 20.3 Å². The Kier molecular flexibility index (Phi) is 4.11.